The van der Waals surface area contributed by atoms with Crippen LogP contribution in [0.3, 0.4) is 0 Å². The number of anilines is 1. The number of carboxylic acids is 1. The van der Waals surface area contributed by atoms with E-state index in [-0.39, 0.29) is 54.2 Å². The standard InChI is InChI=1S/C22H27N7O6S/c1-22(2)11-17(30)29(18(31)12-22)14-3-4-16(23-13-14)35-21(34)27-8-5-15(6-9-27)36-20-24-25-26-28(20)10-7-19(32)33/h3-4,13,15H,5-12H2,1-2H3,(H,32,33). The van der Waals surface area contributed by atoms with Gasteiger partial charge in [-0.05, 0) is 34.7 Å². The normalized spacial score (nSPS) is 18.4. The van der Waals surface area contributed by atoms with Gasteiger partial charge in [-0.2, -0.15) is 0 Å². The quantitative estimate of drug-likeness (QED) is 0.535. The Bertz CT molecular complexity index is 1120. The largest absolute Gasteiger partial charge is 0.481 e. The predicted octanol–water partition coefficient (Wildman–Crippen LogP) is 1.98. The summed E-state index contributed by atoms with van der Waals surface area (Å²) in [6.45, 7) is 4.90. The molecule has 0 bridgehead atoms. The molecule has 2 aromatic heterocycles. The number of pyridine rings is 1. The fourth-order valence-corrected chi connectivity index (χ4v) is 5.19. The summed E-state index contributed by atoms with van der Waals surface area (Å²) in [5, 5.41) is 21.0. The van der Waals surface area contributed by atoms with Gasteiger partial charge in [-0.25, -0.2) is 19.4 Å². The number of aryl methyl sites for hydroxylation is 1. The van der Waals surface area contributed by atoms with Crippen LogP contribution >= 0.6 is 11.8 Å². The number of hydrogen-bond donors (Lipinski definition) is 1. The highest BCUT2D eigenvalue weighted by Gasteiger charge is 2.38. The summed E-state index contributed by atoms with van der Waals surface area (Å²) < 4.78 is 6.86. The van der Waals surface area contributed by atoms with E-state index in [4.69, 9.17) is 9.84 Å². The minimum absolute atomic E-state index is 0.0687. The Labute approximate surface area is 211 Å². The molecule has 4 heterocycles. The van der Waals surface area contributed by atoms with Gasteiger partial charge in [0.1, 0.15) is 0 Å². The first-order valence-electron chi connectivity index (χ1n) is 11.5. The molecule has 192 valence electrons. The first-order valence-corrected chi connectivity index (χ1v) is 12.4. The maximum Gasteiger partial charge on any atom is 0.416 e. The molecule has 0 radical (unpaired) electrons. The van der Waals surface area contributed by atoms with E-state index in [0.717, 1.165) is 4.90 Å². The van der Waals surface area contributed by atoms with Crippen LogP contribution in [-0.4, -0.2) is 77.4 Å². The molecule has 13 nitrogen and oxygen atoms in total. The van der Waals surface area contributed by atoms with E-state index < -0.39 is 12.1 Å². The fourth-order valence-electron chi connectivity index (χ4n) is 4.11. The first-order chi connectivity index (χ1) is 17.1. The Balaban J connectivity index is 1.27. The van der Waals surface area contributed by atoms with Crippen LogP contribution in [0.5, 0.6) is 5.88 Å². The van der Waals surface area contributed by atoms with Gasteiger partial charge < -0.3 is 14.7 Å². The number of hydrogen-bond acceptors (Lipinski definition) is 10. The molecule has 0 unspecified atom stereocenters. The van der Waals surface area contributed by atoms with Gasteiger partial charge in [-0.15, -0.1) is 5.10 Å². The summed E-state index contributed by atoms with van der Waals surface area (Å²) in [6.07, 6.45) is 2.66. The maximum atomic E-state index is 12.6. The molecule has 2 saturated heterocycles. The lowest BCUT2D eigenvalue weighted by atomic mass is 9.81. The molecule has 0 aliphatic carbocycles. The van der Waals surface area contributed by atoms with Crippen molar-refractivity contribution in [3.05, 3.63) is 18.3 Å². The van der Waals surface area contributed by atoms with E-state index in [1.807, 2.05) is 13.8 Å². The van der Waals surface area contributed by atoms with Crippen LogP contribution < -0.4 is 9.64 Å². The van der Waals surface area contributed by atoms with Crippen molar-refractivity contribution < 1.29 is 29.0 Å². The van der Waals surface area contributed by atoms with Gasteiger partial charge >= 0.3 is 12.1 Å². The highest BCUT2D eigenvalue weighted by Crippen LogP contribution is 2.34. The Kier molecular flexibility index (Phi) is 7.52. The number of likely N-dealkylation sites (tertiary alicyclic amines) is 1. The lowest BCUT2D eigenvalue weighted by Gasteiger charge is -2.34. The number of ether oxygens (including phenoxy) is 1. The summed E-state index contributed by atoms with van der Waals surface area (Å²) in [5.74, 6) is -1.40. The smallest absolute Gasteiger partial charge is 0.416 e. The number of amides is 3. The van der Waals surface area contributed by atoms with Crippen LogP contribution in [0, 0.1) is 5.41 Å². The van der Waals surface area contributed by atoms with E-state index in [1.165, 1.54) is 28.7 Å². The molecular formula is C22H27N7O6S. The number of tetrazole rings is 1. The number of carboxylic acid groups (broad SMARTS) is 1. The molecule has 14 heteroatoms. The van der Waals surface area contributed by atoms with Gasteiger partial charge in [0.25, 0.3) is 0 Å². The monoisotopic (exact) mass is 517 g/mol. The zero-order valence-corrected chi connectivity index (χ0v) is 20.8. The molecule has 2 aromatic rings. The van der Waals surface area contributed by atoms with E-state index in [2.05, 4.69) is 20.5 Å². The first kappa shape index (κ1) is 25.5. The number of aliphatic carboxylic acids is 1. The van der Waals surface area contributed by atoms with Crippen LogP contribution in [0.2, 0.25) is 0 Å². The van der Waals surface area contributed by atoms with Gasteiger partial charge in [0.2, 0.25) is 22.9 Å². The van der Waals surface area contributed by atoms with Crippen LogP contribution in [0.1, 0.15) is 46.0 Å². The maximum absolute atomic E-state index is 12.6. The van der Waals surface area contributed by atoms with Crippen molar-refractivity contribution >= 4 is 41.3 Å². The molecule has 0 atom stereocenters. The molecule has 3 amide bonds. The third kappa shape index (κ3) is 6.17. The Morgan fingerprint density at radius 2 is 1.86 bits per heavy atom. The van der Waals surface area contributed by atoms with Gasteiger partial charge in [-0.3, -0.25) is 14.4 Å². The zero-order valence-electron chi connectivity index (χ0n) is 20.0. The SMILES string of the molecule is CC1(C)CC(=O)N(c2ccc(OC(=O)N3CCC(Sc4nnnn4CCC(=O)O)CC3)nc2)C(=O)C1. The highest BCUT2D eigenvalue weighted by atomic mass is 32.2. The summed E-state index contributed by atoms with van der Waals surface area (Å²) in [6, 6.07) is 3.01. The summed E-state index contributed by atoms with van der Waals surface area (Å²) in [7, 11) is 0. The Morgan fingerprint density at radius 3 is 2.47 bits per heavy atom. The van der Waals surface area contributed by atoms with Crippen molar-refractivity contribution in [3.63, 3.8) is 0 Å². The molecule has 0 aromatic carbocycles. The number of nitrogens with zero attached hydrogens (tertiary/aromatic N) is 7. The van der Waals surface area contributed by atoms with Gasteiger partial charge in [0, 0.05) is 37.2 Å². The van der Waals surface area contributed by atoms with Gasteiger partial charge in [0.15, 0.2) is 0 Å². The Morgan fingerprint density at radius 1 is 1.17 bits per heavy atom. The number of thioether (sulfide) groups is 1. The van der Waals surface area contributed by atoms with Crippen molar-refractivity contribution in [1.82, 2.24) is 30.1 Å². The molecule has 2 fully saturated rings. The minimum atomic E-state index is -0.921. The van der Waals surface area contributed by atoms with Crippen LogP contribution in [-0.2, 0) is 20.9 Å². The molecule has 2 aliphatic rings. The lowest BCUT2D eigenvalue weighted by molar-refractivity contribution is -0.137. The minimum Gasteiger partial charge on any atom is -0.481 e. The summed E-state index contributed by atoms with van der Waals surface area (Å²) >= 11 is 1.47. The third-order valence-electron chi connectivity index (χ3n) is 5.94. The van der Waals surface area contributed by atoms with E-state index in [0.29, 0.717) is 36.8 Å². The van der Waals surface area contributed by atoms with Crippen LogP contribution in [0.25, 0.3) is 0 Å². The topological polar surface area (TPSA) is 161 Å². The second kappa shape index (κ2) is 10.6. The van der Waals surface area contributed by atoms with Crippen molar-refractivity contribution in [2.75, 3.05) is 18.0 Å². The van der Waals surface area contributed by atoms with Crippen LogP contribution in [0.15, 0.2) is 23.5 Å². The second-order valence-corrected chi connectivity index (χ2v) is 10.8. The number of carbonyl (C=O) groups excluding carboxylic acids is 3. The van der Waals surface area contributed by atoms with Crippen molar-refractivity contribution in [1.29, 1.82) is 0 Å². The predicted molar refractivity (Wildman–Crippen MR) is 126 cm³/mol. The van der Waals surface area contributed by atoms with E-state index in [9.17, 15) is 19.2 Å². The second-order valence-electron chi connectivity index (χ2n) is 9.50. The molecule has 4 rings (SSSR count). The fraction of sp³-hybridized carbons (Fsp3) is 0.545. The number of aromatic nitrogens is 5. The number of rotatable bonds is 7. The molecule has 36 heavy (non-hydrogen) atoms. The summed E-state index contributed by atoms with van der Waals surface area (Å²) in [4.78, 5) is 55.1. The molecular weight excluding hydrogens is 490 g/mol. The van der Waals surface area contributed by atoms with Crippen molar-refractivity contribution in [3.8, 4) is 5.88 Å². The molecule has 1 N–H and O–H groups in total. The number of carbonyl (C=O) groups is 4. The zero-order chi connectivity index (χ0) is 25.9. The van der Waals surface area contributed by atoms with Crippen molar-refractivity contribution in [2.24, 2.45) is 5.41 Å². The van der Waals surface area contributed by atoms with Gasteiger partial charge in [0.05, 0.1) is 24.8 Å². The van der Waals surface area contributed by atoms with Gasteiger partial charge in [-0.1, -0.05) is 25.6 Å². The third-order valence-corrected chi connectivity index (χ3v) is 7.25. The highest BCUT2D eigenvalue weighted by molar-refractivity contribution is 7.99. The van der Waals surface area contributed by atoms with Crippen molar-refractivity contribution in [2.45, 2.75) is 62.9 Å². The molecule has 2 aliphatic heterocycles. The van der Waals surface area contributed by atoms with E-state index >= 15 is 0 Å². The lowest BCUT2D eigenvalue weighted by Crippen LogP contribution is -2.46. The van der Waals surface area contributed by atoms with Crippen LogP contribution in [0.4, 0.5) is 10.5 Å². The number of imide groups is 1. The van der Waals surface area contributed by atoms with E-state index in [1.54, 1.807) is 11.0 Å². The molecule has 0 spiro atoms. The molecule has 0 saturated carbocycles. The number of piperidine rings is 2. The Hall–Kier alpha value is -3.55. The summed E-state index contributed by atoms with van der Waals surface area (Å²) in [5.41, 5.74) is -0.0158. The average molecular weight is 518 g/mol. The average Bonchev–Trinajstić information content (AvgIpc) is 3.25.